The normalized spacial score (nSPS) is 10.8. The highest BCUT2D eigenvalue weighted by Gasteiger charge is 2.19. The summed E-state index contributed by atoms with van der Waals surface area (Å²) in [5.41, 5.74) is 2.70. The van der Waals surface area contributed by atoms with Crippen molar-refractivity contribution in [1.82, 2.24) is 20.0 Å². The number of para-hydroxylation sites is 1. The van der Waals surface area contributed by atoms with Crippen LogP contribution in [0.15, 0.2) is 54.6 Å². The lowest BCUT2D eigenvalue weighted by atomic mass is 10.1. The number of ether oxygens (including phenoxy) is 2. The summed E-state index contributed by atoms with van der Waals surface area (Å²) >= 11 is 0. The molecule has 3 rings (SSSR count). The van der Waals surface area contributed by atoms with Crippen LogP contribution < -0.4 is 14.8 Å². The molecule has 0 atom stereocenters. The van der Waals surface area contributed by atoms with Gasteiger partial charge in [-0.05, 0) is 44.4 Å². The van der Waals surface area contributed by atoms with Crippen LogP contribution >= 0.6 is 0 Å². The highest BCUT2D eigenvalue weighted by atomic mass is 16.5. The minimum absolute atomic E-state index is 0.179. The number of likely N-dealkylation sites (N-methyl/N-ethyl adjacent to an activating group) is 1. The highest BCUT2D eigenvalue weighted by molar-refractivity contribution is 5.94. The zero-order chi connectivity index (χ0) is 20.8. The minimum atomic E-state index is -0.179. The number of carbonyl (C=O) groups is 1. The van der Waals surface area contributed by atoms with Gasteiger partial charge >= 0.3 is 0 Å². The summed E-state index contributed by atoms with van der Waals surface area (Å²) in [4.78, 5) is 14.9. The zero-order valence-electron chi connectivity index (χ0n) is 17.2. The molecule has 0 aliphatic heterocycles. The molecule has 1 heterocycles. The molecule has 0 aliphatic carbocycles. The third kappa shape index (κ3) is 4.75. The molecule has 0 unspecified atom stereocenters. The summed E-state index contributed by atoms with van der Waals surface area (Å²) < 4.78 is 12.4. The summed E-state index contributed by atoms with van der Waals surface area (Å²) in [6.45, 7) is 1.30. The van der Waals surface area contributed by atoms with Gasteiger partial charge < -0.3 is 19.7 Å². The molecule has 0 aliphatic rings. The van der Waals surface area contributed by atoms with Gasteiger partial charge in [0.15, 0.2) is 0 Å². The number of benzene rings is 2. The standard InChI is InChI=1S/C22H26N4O3/c1-25(2)13-12-23-22(27)20-15-19(24-26(20)16-8-6-5-7-9-16)18-11-10-17(28-3)14-21(18)29-4/h5-11,14-15H,12-13H2,1-4H3,(H,23,27). The third-order valence-corrected chi connectivity index (χ3v) is 4.47. The van der Waals surface area contributed by atoms with Crippen molar-refractivity contribution in [1.29, 1.82) is 0 Å². The van der Waals surface area contributed by atoms with Crippen LogP contribution in [0.2, 0.25) is 0 Å². The molecule has 7 heteroatoms. The van der Waals surface area contributed by atoms with Gasteiger partial charge in [-0.15, -0.1) is 0 Å². The molecule has 2 aromatic carbocycles. The van der Waals surface area contributed by atoms with E-state index in [0.29, 0.717) is 29.4 Å². The minimum Gasteiger partial charge on any atom is -0.497 e. The number of amides is 1. The molecule has 29 heavy (non-hydrogen) atoms. The van der Waals surface area contributed by atoms with Gasteiger partial charge in [0.1, 0.15) is 17.2 Å². The summed E-state index contributed by atoms with van der Waals surface area (Å²) in [5, 5.41) is 7.66. The Morgan fingerprint density at radius 1 is 1.07 bits per heavy atom. The molecule has 0 saturated carbocycles. The van der Waals surface area contributed by atoms with Crippen molar-refractivity contribution in [2.24, 2.45) is 0 Å². The molecule has 152 valence electrons. The van der Waals surface area contributed by atoms with Gasteiger partial charge in [0, 0.05) is 24.7 Å². The lowest BCUT2D eigenvalue weighted by Crippen LogP contribution is -2.32. The van der Waals surface area contributed by atoms with Gasteiger partial charge in [-0.2, -0.15) is 5.10 Å². The van der Waals surface area contributed by atoms with Gasteiger partial charge in [0.05, 0.1) is 25.6 Å². The van der Waals surface area contributed by atoms with E-state index in [9.17, 15) is 4.79 Å². The van der Waals surface area contributed by atoms with Crippen molar-refractivity contribution in [3.05, 3.63) is 60.3 Å². The van der Waals surface area contributed by atoms with Gasteiger partial charge in [-0.25, -0.2) is 4.68 Å². The second-order valence-corrected chi connectivity index (χ2v) is 6.79. The molecule has 3 aromatic rings. The smallest absolute Gasteiger partial charge is 0.270 e. The van der Waals surface area contributed by atoms with E-state index in [-0.39, 0.29) is 5.91 Å². The lowest BCUT2D eigenvalue weighted by molar-refractivity contribution is 0.0943. The van der Waals surface area contributed by atoms with E-state index in [1.807, 2.05) is 61.5 Å². The summed E-state index contributed by atoms with van der Waals surface area (Å²) in [6.07, 6.45) is 0. The number of nitrogens with one attached hydrogen (secondary N) is 1. The first-order valence-electron chi connectivity index (χ1n) is 9.34. The number of aromatic nitrogens is 2. The molecule has 1 amide bonds. The predicted octanol–water partition coefficient (Wildman–Crippen LogP) is 2.85. The topological polar surface area (TPSA) is 68.6 Å². The summed E-state index contributed by atoms with van der Waals surface area (Å²) in [5.74, 6) is 1.14. The van der Waals surface area contributed by atoms with Crippen molar-refractivity contribution in [2.75, 3.05) is 41.4 Å². The van der Waals surface area contributed by atoms with E-state index in [2.05, 4.69) is 5.32 Å². The van der Waals surface area contributed by atoms with E-state index >= 15 is 0 Å². The monoisotopic (exact) mass is 394 g/mol. The Bertz CT molecular complexity index is 967. The summed E-state index contributed by atoms with van der Waals surface area (Å²) in [6, 6.07) is 16.9. The number of hydrogen-bond acceptors (Lipinski definition) is 5. The lowest BCUT2D eigenvalue weighted by Gasteiger charge is -2.11. The average molecular weight is 394 g/mol. The molecule has 0 spiro atoms. The second-order valence-electron chi connectivity index (χ2n) is 6.79. The van der Waals surface area contributed by atoms with Gasteiger partial charge in [-0.1, -0.05) is 18.2 Å². The number of rotatable bonds is 8. The Kier molecular flexibility index (Phi) is 6.51. The predicted molar refractivity (Wildman–Crippen MR) is 113 cm³/mol. The molecule has 0 radical (unpaired) electrons. The van der Waals surface area contributed by atoms with Crippen LogP contribution in [0.4, 0.5) is 0 Å². The fourth-order valence-electron chi connectivity index (χ4n) is 2.93. The Labute approximate surface area is 170 Å². The maximum absolute atomic E-state index is 12.9. The van der Waals surface area contributed by atoms with E-state index in [1.54, 1.807) is 31.0 Å². The maximum atomic E-state index is 12.9. The van der Waals surface area contributed by atoms with E-state index < -0.39 is 0 Å². The van der Waals surface area contributed by atoms with Crippen molar-refractivity contribution in [2.45, 2.75) is 0 Å². The fraction of sp³-hybridized carbons (Fsp3) is 0.273. The Morgan fingerprint density at radius 3 is 2.48 bits per heavy atom. The molecule has 0 bridgehead atoms. The van der Waals surface area contributed by atoms with Gasteiger partial charge in [-0.3, -0.25) is 4.79 Å². The van der Waals surface area contributed by atoms with Crippen LogP contribution in [-0.4, -0.2) is 62.0 Å². The zero-order valence-corrected chi connectivity index (χ0v) is 17.2. The molecular formula is C22H26N4O3. The molecule has 0 fully saturated rings. The largest absolute Gasteiger partial charge is 0.497 e. The van der Waals surface area contributed by atoms with E-state index in [0.717, 1.165) is 17.8 Å². The number of hydrogen-bond donors (Lipinski definition) is 1. The van der Waals surface area contributed by atoms with Crippen LogP contribution in [-0.2, 0) is 0 Å². The second kappa shape index (κ2) is 9.25. The molecule has 1 aromatic heterocycles. The Hall–Kier alpha value is -3.32. The van der Waals surface area contributed by atoms with E-state index in [4.69, 9.17) is 14.6 Å². The SMILES string of the molecule is COc1ccc(-c2cc(C(=O)NCCN(C)C)n(-c3ccccc3)n2)c(OC)c1. The van der Waals surface area contributed by atoms with Gasteiger partial charge in [0.2, 0.25) is 0 Å². The number of methoxy groups -OCH3 is 2. The third-order valence-electron chi connectivity index (χ3n) is 4.47. The van der Waals surface area contributed by atoms with E-state index in [1.165, 1.54) is 0 Å². The molecule has 1 N–H and O–H groups in total. The average Bonchev–Trinajstić information content (AvgIpc) is 3.19. The highest BCUT2D eigenvalue weighted by Crippen LogP contribution is 2.33. The van der Waals surface area contributed by atoms with Crippen LogP contribution in [0, 0.1) is 0 Å². The molecule has 0 saturated heterocycles. The quantitative estimate of drug-likeness (QED) is 0.636. The van der Waals surface area contributed by atoms with Crippen molar-refractivity contribution in [3.63, 3.8) is 0 Å². The van der Waals surface area contributed by atoms with Crippen LogP contribution in [0.1, 0.15) is 10.5 Å². The summed E-state index contributed by atoms with van der Waals surface area (Å²) in [7, 11) is 7.14. The number of nitrogens with zero attached hydrogens (tertiary/aromatic N) is 3. The van der Waals surface area contributed by atoms with Gasteiger partial charge in [0.25, 0.3) is 5.91 Å². The first-order valence-corrected chi connectivity index (χ1v) is 9.34. The Balaban J connectivity index is 2.02. The molecule has 7 nitrogen and oxygen atoms in total. The fourth-order valence-corrected chi connectivity index (χ4v) is 2.93. The van der Waals surface area contributed by atoms with Crippen LogP contribution in [0.3, 0.4) is 0 Å². The molecular weight excluding hydrogens is 368 g/mol. The first kappa shape index (κ1) is 20.4. The van der Waals surface area contributed by atoms with Crippen LogP contribution in [0.25, 0.3) is 16.9 Å². The number of carbonyl (C=O) groups excluding carboxylic acids is 1. The van der Waals surface area contributed by atoms with Crippen LogP contribution in [0.5, 0.6) is 11.5 Å². The Morgan fingerprint density at radius 2 is 1.83 bits per heavy atom. The van der Waals surface area contributed by atoms with Crippen molar-refractivity contribution in [3.8, 4) is 28.4 Å². The maximum Gasteiger partial charge on any atom is 0.270 e. The first-order chi connectivity index (χ1) is 14.0. The van der Waals surface area contributed by atoms with Crippen molar-refractivity contribution < 1.29 is 14.3 Å². The van der Waals surface area contributed by atoms with Crippen molar-refractivity contribution >= 4 is 5.91 Å².